The Morgan fingerprint density at radius 1 is 1.15 bits per heavy atom. The van der Waals surface area contributed by atoms with Crippen LogP contribution in [-0.4, -0.2) is 55.2 Å². The molecule has 1 N–H and O–H groups in total. The maximum Gasteiger partial charge on any atom is 0.325 e. The maximum absolute atomic E-state index is 13.8. The molecule has 0 amide bonds. The van der Waals surface area contributed by atoms with Gasteiger partial charge in [0, 0.05) is 25.2 Å². The summed E-state index contributed by atoms with van der Waals surface area (Å²) in [6, 6.07) is 12.6. The standard InChI is InChI=1S/C20H25FN2O3/c1-22(2)11-12-23(14-15-7-5-4-6-8-15)19(20(24)25)17-13-16(21)9-10-18(17)26-3/h4-10,13,19H,11-12,14H2,1-3H3,(H,24,25)/t19-/m0/s1. The van der Waals surface area contributed by atoms with Crippen molar-refractivity contribution in [2.45, 2.75) is 12.6 Å². The van der Waals surface area contributed by atoms with Crippen LogP contribution in [0.2, 0.25) is 0 Å². The molecule has 0 heterocycles. The van der Waals surface area contributed by atoms with E-state index in [4.69, 9.17) is 4.74 Å². The fraction of sp³-hybridized carbons (Fsp3) is 0.350. The van der Waals surface area contributed by atoms with Crippen molar-refractivity contribution in [1.82, 2.24) is 9.80 Å². The van der Waals surface area contributed by atoms with Crippen LogP contribution in [0, 0.1) is 5.82 Å². The van der Waals surface area contributed by atoms with Crippen LogP contribution < -0.4 is 4.74 Å². The molecular weight excluding hydrogens is 335 g/mol. The minimum absolute atomic E-state index is 0.315. The number of methoxy groups -OCH3 is 1. The van der Waals surface area contributed by atoms with Crippen molar-refractivity contribution in [1.29, 1.82) is 0 Å². The molecule has 0 aliphatic heterocycles. The van der Waals surface area contributed by atoms with Crippen LogP contribution in [0.4, 0.5) is 4.39 Å². The lowest BCUT2D eigenvalue weighted by Gasteiger charge is -2.31. The smallest absolute Gasteiger partial charge is 0.325 e. The second-order valence-corrected chi connectivity index (χ2v) is 6.39. The summed E-state index contributed by atoms with van der Waals surface area (Å²) in [5.74, 6) is -1.16. The first kappa shape index (κ1) is 19.9. The summed E-state index contributed by atoms with van der Waals surface area (Å²) in [4.78, 5) is 15.9. The van der Waals surface area contributed by atoms with E-state index in [-0.39, 0.29) is 0 Å². The van der Waals surface area contributed by atoms with Gasteiger partial charge in [-0.1, -0.05) is 30.3 Å². The fourth-order valence-corrected chi connectivity index (χ4v) is 2.85. The monoisotopic (exact) mass is 360 g/mol. The minimum atomic E-state index is -1.04. The number of hydrogen-bond acceptors (Lipinski definition) is 4. The molecule has 26 heavy (non-hydrogen) atoms. The predicted octanol–water partition coefficient (Wildman–Crippen LogP) is 3.02. The van der Waals surface area contributed by atoms with Gasteiger partial charge in [0.2, 0.25) is 0 Å². The zero-order chi connectivity index (χ0) is 19.1. The summed E-state index contributed by atoms with van der Waals surface area (Å²) in [5, 5.41) is 9.92. The molecule has 0 saturated carbocycles. The Bertz CT molecular complexity index is 722. The van der Waals surface area contributed by atoms with Crippen LogP contribution in [0.5, 0.6) is 5.75 Å². The van der Waals surface area contributed by atoms with E-state index in [1.54, 1.807) is 0 Å². The molecule has 0 saturated heterocycles. The second-order valence-electron chi connectivity index (χ2n) is 6.39. The van der Waals surface area contributed by atoms with Crippen LogP contribution in [0.1, 0.15) is 17.2 Å². The zero-order valence-electron chi connectivity index (χ0n) is 15.4. The number of carbonyl (C=O) groups is 1. The number of likely N-dealkylation sites (N-methyl/N-ethyl adjacent to an activating group) is 1. The molecule has 6 heteroatoms. The molecule has 0 unspecified atom stereocenters. The third kappa shape index (κ3) is 5.28. The molecule has 0 aliphatic rings. The SMILES string of the molecule is COc1ccc(F)cc1[C@@H](C(=O)O)N(CCN(C)C)Cc1ccccc1. The molecule has 2 rings (SSSR count). The number of hydrogen-bond donors (Lipinski definition) is 1. The summed E-state index contributed by atoms with van der Waals surface area (Å²) in [6.07, 6.45) is 0. The van der Waals surface area contributed by atoms with E-state index in [1.807, 2.05) is 54.2 Å². The molecule has 0 fully saturated rings. The molecule has 1 atom stereocenters. The van der Waals surface area contributed by atoms with Gasteiger partial charge in [0.1, 0.15) is 17.6 Å². The summed E-state index contributed by atoms with van der Waals surface area (Å²) < 4.78 is 19.1. The van der Waals surface area contributed by atoms with Crippen molar-refractivity contribution in [3.63, 3.8) is 0 Å². The third-order valence-electron chi connectivity index (χ3n) is 4.15. The van der Waals surface area contributed by atoms with Crippen molar-refractivity contribution >= 4 is 5.97 Å². The number of nitrogens with zero attached hydrogens (tertiary/aromatic N) is 2. The van der Waals surface area contributed by atoms with E-state index < -0.39 is 17.8 Å². The van der Waals surface area contributed by atoms with Crippen molar-refractivity contribution in [2.75, 3.05) is 34.3 Å². The van der Waals surface area contributed by atoms with Crippen LogP contribution >= 0.6 is 0 Å². The van der Waals surface area contributed by atoms with Gasteiger partial charge in [0.05, 0.1) is 7.11 Å². The van der Waals surface area contributed by atoms with Crippen LogP contribution in [0.3, 0.4) is 0 Å². The van der Waals surface area contributed by atoms with Gasteiger partial charge < -0.3 is 14.7 Å². The van der Waals surface area contributed by atoms with E-state index in [9.17, 15) is 14.3 Å². The first-order valence-corrected chi connectivity index (χ1v) is 8.41. The highest BCUT2D eigenvalue weighted by Gasteiger charge is 2.30. The van der Waals surface area contributed by atoms with E-state index in [0.717, 1.165) is 5.56 Å². The van der Waals surface area contributed by atoms with Gasteiger partial charge in [-0.3, -0.25) is 9.69 Å². The second kappa shape index (κ2) is 9.31. The highest BCUT2D eigenvalue weighted by atomic mass is 19.1. The van der Waals surface area contributed by atoms with Gasteiger partial charge in [-0.2, -0.15) is 0 Å². The number of aliphatic carboxylic acids is 1. The number of ether oxygens (including phenoxy) is 1. The van der Waals surface area contributed by atoms with E-state index >= 15 is 0 Å². The molecule has 0 radical (unpaired) electrons. The third-order valence-corrected chi connectivity index (χ3v) is 4.15. The fourth-order valence-electron chi connectivity index (χ4n) is 2.85. The summed E-state index contributed by atoms with van der Waals surface area (Å²) in [7, 11) is 5.31. The van der Waals surface area contributed by atoms with Crippen LogP contribution in [0.25, 0.3) is 0 Å². The van der Waals surface area contributed by atoms with Gasteiger partial charge in [0.15, 0.2) is 0 Å². The van der Waals surface area contributed by atoms with E-state index in [0.29, 0.717) is 30.9 Å². The molecule has 2 aromatic rings. The summed E-state index contributed by atoms with van der Waals surface area (Å²) in [6.45, 7) is 1.62. The number of rotatable bonds is 9. The molecular formula is C20H25FN2O3. The maximum atomic E-state index is 13.8. The van der Waals surface area contributed by atoms with E-state index in [1.165, 1.54) is 25.3 Å². The summed E-state index contributed by atoms with van der Waals surface area (Å²) in [5.41, 5.74) is 1.31. The van der Waals surface area contributed by atoms with Gasteiger partial charge in [-0.05, 0) is 37.9 Å². The normalized spacial score (nSPS) is 12.4. The van der Waals surface area contributed by atoms with Crippen LogP contribution in [-0.2, 0) is 11.3 Å². The summed E-state index contributed by atoms with van der Waals surface area (Å²) >= 11 is 0. The van der Waals surface area contributed by atoms with Crippen molar-refractivity contribution < 1.29 is 19.0 Å². The average molecular weight is 360 g/mol. The largest absolute Gasteiger partial charge is 0.496 e. The Hall–Kier alpha value is -2.44. The molecule has 0 aromatic heterocycles. The van der Waals surface area contributed by atoms with Crippen molar-refractivity contribution in [3.05, 3.63) is 65.5 Å². The topological polar surface area (TPSA) is 53.0 Å². The first-order chi connectivity index (χ1) is 12.4. The number of halogens is 1. The first-order valence-electron chi connectivity index (χ1n) is 8.41. The Labute approximate surface area is 153 Å². The Morgan fingerprint density at radius 3 is 2.42 bits per heavy atom. The number of benzene rings is 2. The van der Waals surface area contributed by atoms with Gasteiger partial charge in [-0.25, -0.2) is 4.39 Å². The average Bonchev–Trinajstić information content (AvgIpc) is 2.60. The Kier molecular flexibility index (Phi) is 7.12. The van der Waals surface area contributed by atoms with Crippen LogP contribution in [0.15, 0.2) is 48.5 Å². The molecule has 140 valence electrons. The lowest BCUT2D eigenvalue weighted by Crippen LogP contribution is -2.38. The molecule has 0 bridgehead atoms. The van der Waals surface area contributed by atoms with Gasteiger partial charge in [0.25, 0.3) is 0 Å². The minimum Gasteiger partial charge on any atom is -0.496 e. The molecule has 0 aliphatic carbocycles. The lowest BCUT2D eigenvalue weighted by molar-refractivity contribution is -0.144. The highest BCUT2D eigenvalue weighted by molar-refractivity contribution is 5.76. The van der Waals surface area contributed by atoms with Gasteiger partial charge >= 0.3 is 5.97 Å². The van der Waals surface area contributed by atoms with E-state index in [2.05, 4.69) is 0 Å². The van der Waals surface area contributed by atoms with Crippen molar-refractivity contribution in [2.24, 2.45) is 0 Å². The Morgan fingerprint density at radius 2 is 1.85 bits per heavy atom. The highest BCUT2D eigenvalue weighted by Crippen LogP contribution is 2.31. The molecule has 2 aromatic carbocycles. The predicted molar refractivity (Wildman–Crippen MR) is 98.7 cm³/mol. The molecule has 0 spiro atoms. The number of carboxylic acids is 1. The molecule has 5 nitrogen and oxygen atoms in total. The lowest BCUT2D eigenvalue weighted by atomic mass is 10.0. The Balaban J connectivity index is 2.42. The quantitative estimate of drug-likeness (QED) is 0.745. The number of carboxylic acid groups (broad SMARTS) is 1. The van der Waals surface area contributed by atoms with Crippen molar-refractivity contribution in [3.8, 4) is 5.75 Å². The zero-order valence-corrected chi connectivity index (χ0v) is 15.4. The van der Waals surface area contributed by atoms with Gasteiger partial charge in [-0.15, -0.1) is 0 Å².